The summed E-state index contributed by atoms with van der Waals surface area (Å²) in [5.74, 6) is -1.69. The van der Waals surface area contributed by atoms with Crippen molar-refractivity contribution in [3.8, 4) is 0 Å². The van der Waals surface area contributed by atoms with Crippen LogP contribution in [0.25, 0.3) is 0 Å². The maximum Gasteiger partial charge on any atom is 0.307 e. The molecule has 2 unspecified atom stereocenters. The third-order valence-electron chi connectivity index (χ3n) is 4.38. The first kappa shape index (κ1) is 12.2. The van der Waals surface area contributed by atoms with Gasteiger partial charge in [0.05, 0.1) is 5.92 Å². The Hall–Kier alpha value is -1.90. The molecular weight excluding hydrogens is 240 g/mol. The van der Waals surface area contributed by atoms with Gasteiger partial charge in [0, 0.05) is 11.5 Å². The van der Waals surface area contributed by atoms with Gasteiger partial charge in [-0.2, -0.15) is 0 Å². The van der Waals surface area contributed by atoms with Crippen LogP contribution in [-0.4, -0.2) is 16.9 Å². The summed E-state index contributed by atoms with van der Waals surface area (Å²) < 4.78 is 0. The smallest absolute Gasteiger partial charge is 0.307 e. The Labute approximate surface area is 111 Å². The molecule has 98 valence electrons. The maximum absolute atomic E-state index is 12.6. The number of aliphatic carboxylic acids is 1. The molecule has 0 spiro atoms. The fourth-order valence-corrected chi connectivity index (χ4v) is 3.43. The second kappa shape index (κ2) is 4.34. The number of hydrogen-bond donors (Lipinski definition) is 1. The molecule has 1 aromatic carbocycles. The third-order valence-corrected chi connectivity index (χ3v) is 4.38. The van der Waals surface area contributed by atoms with E-state index in [0.717, 1.165) is 12.0 Å². The average molecular weight is 256 g/mol. The topological polar surface area (TPSA) is 54.4 Å². The number of aryl methyl sites for hydroxylation is 1. The molecule has 1 saturated carbocycles. The number of ketones is 1. The Bertz CT molecular complexity index is 556. The largest absolute Gasteiger partial charge is 0.481 e. The lowest BCUT2D eigenvalue weighted by molar-refractivity contribution is -0.143. The first-order chi connectivity index (χ1) is 9.08. The molecule has 0 saturated heterocycles. The highest BCUT2D eigenvalue weighted by molar-refractivity contribution is 6.01. The van der Waals surface area contributed by atoms with Crippen LogP contribution in [0.2, 0.25) is 0 Å². The molecule has 0 amide bonds. The minimum Gasteiger partial charge on any atom is -0.481 e. The molecule has 4 atom stereocenters. The van der Waals surface area contributed by atoms with Gasteiger partial charge >= 0.3 is 5.97 Å². The normalized spacial score (nSPS) is 31.6. The minimum absolute atomic E-state index is 0.0238. The summed E-state index contributed by atoms with van der Waals surface area (Å²) in [6.07, 6.45) is 4.78. The second-order valence-electron chi connectivity index (χ2n) is 5.57. The Kier molecular flexibility index (Phi) is 2.77. The number of carboxylic acid groups (broad SMARTS) is 1. The standard InChI is InChI=1S/C16H16O3/c1-9-2-4-10(5-3-9)15(17)13-11-6-7-12(8-11)14(13)16(18)19/h2-7,11-14H,8H2,1H3,(H,18,19)/t11-,12+,13?,14?/m1/s1. The van der Waals surface area contributed by atoms with Crippen molar-refractivity contribution >= 4 is 11.8 Å². The summed E-state index contributed by atoms with van der Waals surface area (Å²) in [5.41, 5.74) is 1.72. The highest BCUT2D eigenvalue weighted by Crippen LogP contribution is 2.49. The van der Waals surface area contributed by atoms with E-state index in [1.807, 2.05) is 31.2 Å². The Morgan fingerprint density at radius 2 is 1.63 bits per heavy atom. The molecule has 2 bridgehead atoms. The molecule has 2 aliphatic rings. The van der Waals surface area contributed by atoms with Crippen LogP contribution in [0.3, 0.4) is 0 Å². The zero-order chi connectivity index (χ0) is 13.6. The molecule has 3 rings (SSSR count). The van der Waals surface area contributed by atoms with E-state index >= 15 is 0 Å². The summed E-state index contributed by atoms with van der Waals surface area (Å²) in [7, 11) is 0. The van der Waals surface area contributed by atoms with E-state index in [-0.39, 0.29) is 17.6 Å². The lowest BCUT2D eigenvalue weighted by Crippen LogP contribution is -2.33. The van der Waals surface area contributed by atoms with E-state index in [9.17, 15) is 14.7 Å². The maximum atomic E-state index is 12.6. The van der Waals surface area contributed by atoms with Gasteiger partial charge in [-0.15, -0.1) is 0 Å². The van der Waals surface area contributed by atoms with Crippen LogP contribution >= 0.6 is 0 Å². The summed E-state index contributed by atoms with van der Waals surface area (Å²) in [5, 5.41) is 9.36. The SMILES string of the molecule is Cc1ccc(C(=O)C2C(C(=O)O)[C@H]3C=C[C@@H]2C3)cc1. The number of carboxylic acids is 1. The molecular formula is C16H16O3. The molecule has 3 nitrogen and oxygen atoms in total. The van der Waals surface area contributed by atoms with Crippen molar-refractivity contribution in [2.45, 2.75) is 13.3 Å². The van der Waals surface area contributed by atoms with E-state index < -0.39 is 17.8 Å². The number of benzene rings is 1. The lowest BCUT2D eigenvalue weighted by Gasteiger charge is -2.23. The number of hydrogen-bond acceptors (Lipinski definition) is 2. The van der Waals surface area contributed by atoms with Gasteiger partial charge in [0.25, 0.3) is 0 Å². The van der Waals surface area contributed by atoms with Crippen molar-refractivity contribution in [1.82, 2.24) is 0 Å². The van der Waals surface area contributed by atoms with Gasteiger partial charge in [0.15, 0.2) is 5.78 Å². The lowest BCUT2D eigenvalue weighted by atomic mass is 9.78. The summed E-state index contributed by atoms with van der Waals surface area (Å²) in [4.78, 5) is 24.0. The van der Waals surface area contributed by atoms with Gasteiger partial charge < -0.3 is 5.11 Å². The minimum atomic E-state index is -0.845. The van der Waals surface area contributed by atoms with Crippen LogP contribution in [0, 0.1) is 30.6 Å². The van der Waals surface area contributed by atoms with Crippen LogP contribution in [0.5, 0.6) is 0 Å². The quantitative estimate of drug-likeness (QED) is 0.668. The fraction of sp³-hybridized carbons (Fsp3) is 0.375. The predicted molar refractivity (Wildman–Crippen MR) is 70.9 cm³/mol. The van der Waals surface area contributed by atoms with Gasteiger partial charge in [-0.1, -0.05) is 42.0 Å². The summed E-state index contributed by atoms with van der Waals surface area (Å²) in [6, 6.07) is 7.39. The van der Waals surface area contributed by atoms with Crippen molar-refractivity contribution in [2.75, 3.05) is 0 Å². The van der Waals surface area contributed by atoms with Crippen molar-refractivity contribution < 1.29 is 14.7 Å². The average Bonchev–Trinajstić information content (AvgIpc) is 2.98. The number of allylic oxidation sites excluding steroid dienone is 2. The first-order valence-electron chi connectivity index (χ1n) is 6.60. The van der Waals surface area contributed by atoms with E-state index in [1.54, 1.807) is 12.1 Å². The number of fused-ring (bicyclic) bond motifs is 2. The highest BCUT2D eigenvalue weighted by atomic mass is 16.4. The molecule has 2 aliphatic carbocycles. The van der Waals surface area contributed by atoms with Crippen molar-refractivity contribution in [1.29, 1.82) is 0 Å². The molecule has 1 fully saturated rings. The Morgan fingerprint density at radius 1 is 1.05 bits per heavy atom. The molecule has 0 aliphatic heterocycles. The predicted octanol–water partition coefficient (Wildman–Crippen LogP) is 2.70. The number of carbonyl (C=O) groups is 2. The van der Waals surface area contributed by atoms with Gasteiger partial charge in [0.2, 0.25) is 0 Å². The molecule has 19 heavy (non-hydrogen) atoms. The molecule has 0 heterocycles. The molecule has 0 aromatic heterocycles. The molecule has 0 radical (unpaired) electrons. The van der Waals surface area contributed by atoms with Crippen LogP contribution in [0.15, 0.2) is 36.4 Å². The van der Waals surface area contributed by atoms with Gasteiger partial charge in [-0.05, 0) is 25.2 Å². The zero-order valence-electron chi connectivity index (χ0n) is 10.7. The van der Waals surface area contributed by atoms with Gasteiger partial charge in [-0.25, -0.2) is 0 Å². The van der Waals surface area contributed by atoms with Crippen molar-refractivity contribution in [2.24, 2.45) is 23.7 Å². The van der Waals surface area contributed by atoms with E-state index in [2.05, 4.69) is 0 Å². The van der Waals surface area contributed by atoms with E-state index in [0.29, 0.717) is 5.56 Å². The van der Waals surface area contributed by atoms with Crippen LogP contribution in [-0.2, 0) is 4.79 Å². The molecule has 1 N–H and O–H groups in total. The monoisotopic (exact) mass is 256 g/mol. The van der Waals surface area contributed by atoms with Crippen LogP contribution < -0.4 is 0 Å². The summed E-state index contributed by atoms with van der Waals surface area (Å²) >= 11 is 0. The highest BCUT2D eigenvalue weighted by Gasteiger charge is 2.51. The number of carbonyl (C=O) groups excluding carboxylic acids is 1. The summed E-state index contributed by atoms with van der Waals surface area (Å²) in [6.45, 7) is 1.97. The van der Waals surface area contributed by atoms with Gasteiger partial charge in [-0.3, -0.25) is 9.59 Å². The fourth-order valence-electron chi connectivity index (χ4n) is 3.43. The second-order valence-corrected chi connectivity index (χ2v) is 5.57. The van der Waals surface area contributed by atoms with E-state index in [4.69, 9.17) is 0 Å². The first-order valence-corrected chi connectivity index (χ1v) is 6.60. The van der Waals surface area contributed by atoms with Crippen molar-refractivity contribution in [3.63, 3.8) is 0 Å². The van der Waals surface area contributed by atoms with Crippen LogP contribution in [0.1, 0.15) is 22.3 Å². The number of rotatable bonds is 3. The van der Waals surface area contributed by atoms with Crippen molar-refractivity contribution in [3.05, 3.63) is 47.5 Å². The zero-order valence-corrected chi connectivity index (χ0v) is 10.7. The van der Waals surface area contributed by atoms with Gasteiger partial charge in [0.1, 0.15) is 0 Å². The molecule has 1 aromatic rings. The van der Waals surface area contributed by atoms with E-state index in [1.165, 1.54) is 0 Å². The number of Topliss-reactive ketones (excluding diaryl/α,β-unsaturated/α-hetero) is 1. The van der Waals surface area contributed by atoms with Crippen LogP contribution in [0.4, 0.5) is 0 Å². The molecule has 3 heteroatoms. The Morgan fingerprint density at radius 3 is 2.21 bits per heavy atom. The third kappa shape index (κ3) is 1.89. The Balaban J connectivity index is 1.92.